The fourth-order valence-corrected chi connectivity index (χ4v) is 13.3. The highest BCUT2D eigenvalue weighted by Crippen LogP contribution is 2.69. The zero-order valence-electron chi connectivity index (χ0n) is 32.8. The molecule has 0 aliphatic heterocycles. The topological polar surface area (TPSA) is 30.7 Å². The largest absolute Gasteiger partial charge is 0.278 e. The monoisotopic (exact) mass is 755 g/mol. The van der Waals surface area contributed by atoms with Gasteiger partial charge in [-0.1, -0.05) is 140 Å². The van der Waals surface area contributed by atoms with E-state index in [2.05, 4.69) is 168 Å². The van der Waals surface area contributed by atoms with Crippen molar-refractivity contribution in [2.45, 2.75) is 37.5 Å². The van der Waals surface area contributed by atoms with Crippen molar-refractivity contribution in [3.05, 3.63) is 175 Å². The average Bonchev–Trinajstić information content (AvgIpc) is 3.78. The molecule has 0 unspecified atom stereocenters. The number of hydrogen-bond donors (Lipinski definition) is 0. The van der Waals surface area contributed by atoms with Crippen LogP contribution in [0.25, 0.3) is 93.7 Å². The Labute approximate surface area is 343 Å². The Morgan fingerprint density at radius 3 is 1.92 bits per heavy atom. The summed E-state index contributed by atoms with van der Waals surface area (Å²) in [5.74, 6) is 4.07. The number of benzene rings is 8. The Bertz CT molecular complexity index is 3380. The third-order valence-electron chi connectivity index (χ3n) is 15.4. The summed E-state index contributed by atoms with van der Waals surface area (Å²) in [4.78, 5) is 11.0. The van der Waals surface area contributed by atoms with Gasteiger partial charge in [-0.2, -0.15) is 0 Å². The molecule has 4 bridgehead atoms. The molecule has 0 saturated heterocycles. The quantitative estimate of drug-likeness (QED) is 0.168. The molecule has 0 amide bonds. The standard InChI is InChI=1S/C56H41N3/c1-2-12-37(13-3-1)53-46-23-18-36-11-5-7-15-43(36)54(46)58-55(57-53)59-50-25-21-35-10-4-6-14-42(35)52(50)45-22-19-39(32-51(45)59)38-20-24-49-47(31-38)44-16-8-9-17-48(44)56(49)40-27-33-26-34(29-40)30-41(56)28-33/h1-25,31-34,40-41H,26-30H2. The summed E-state index contributed by atoms with van der Waals surface area (Å²) in [7, 11) is 0. The van der Waals surface area contributed by atoms with Crippen molar-refractivity contribution in [1.29, 1.82) is 0 Å². The van der Waals surface area contributed by atoms with Gasteiger partial charge in [-0.3, -0.25) is 4.57 Å². The molecule has 10 aromatic rings. The van der Waals surface area contributed by atoms with Gasteiger partial charge in [-0.25, -0.2) is 9.97 Å². The van der Waals surface area contributed by atoms with Gasteiger partial charge in [0.15, 0.2) is 0 Å². The van der Waals surface area contributed by atoms with E-state index in [0.717, 1.165) is 62.3 Å². The average molecular weight is 756 g/mol. The van der Waals surface area contributed by atoms with E-state index in [1.54, 1.807) is 11.1 Å². The third kappa shape index (κ3) is 4.32. The van der Waals surface area contributed by atoms with Crippen LogP contribution in [0.5, 0.6) is 0 Å². The van der Waals surface area contributed by atoms with Crippen molar-refractivity contribution < 1.29 is 0 Å². The molecule has 8 aromatic carbocycles. The van der Waals surface area contributed by atoms with Crippen LogP contribution in [0.4, 0.5) is 0 Å². The van der Waals surface area contributed by atoms with Crippen LogP contribution in [-0.4, -0.2) is 14.5 Å². The number of aromatic nitrogens is 3. The summed E-state index contributed by atoms with van der Waals surface area (Å²) in [5.41, 5.74) is 14.0. The first-order valence-corrected chi connectivity index (χ1v) is 21.7. The van der Waals surface area contributed by atoms with Crippen LogP contribution in [0.15, 0.2) is 164 Å². The lowest BCUT2D eigenvalue weighted by molar-refractivity contribution is -0.0399. The minimum atomic E-state index is 0.170. The van der Waals surface area contributed by atoms with Gasteiger partial charge in [0, 0.05) is 32.5 Å². The summed E-state index contributed by atoms with van der Waals surface area (Å²) in [5, 5.41) is 8.28. The van der Waals surface area contributed by atoms with Gasteiger partial charge < -0.3 is 0 Å². The van der Waals surface area contributed by atoms with E-state index < -0.39 is 0 Å². The van der Waals surface area contributed by atoms with Crippen molar-refractivity contribution in [1.82, 2.24) is 14.5 Å². The van der Waals surface area contributed by atoms with Crippen LogP contribution >= 0.6 is 0 Å². The van der Waals surface area contributed by atoms with E-state index in [0.29, 0.717) is 5.95 Å². The number of fused-ring (bicyclic) bond motifs is 11. The fraction of sp³-hybridized carbons (Fsp3) is 0.179. The fourth-order valence-electron chi connectivity index (χ4n) is 13.3. The van der Waals surface area contributed by atoms with Gasteiger partial charge in [-0.15, -0.1) is 0 Å². The Kier molecular flexibility index (Phi) is 6.46. The van der Waals surface area contributed by atoms with Crippen LogP contribution in [0.3, 0.4) is 0 Å². The molecule has 3 nitrogen and oxygen atoms in total. The molecule has 0 atom stereocenters. The van der Waals surface area contributed by atoms with Gasteiger partial charge in [-0.05, 0) is 130 Å². The number of nitrogens with zero attached hydrogens (tertiary/aromatic N) is 3. The highest BCUT2D eigenvalue weighted by molar-refractivity contribution is 6.22. The maximum Gasteiger partial charge on any atom is 0.235 e. The SMILES string of the molecule is c1ccc(-c2nc(-n3c4cc(-c5ccc6c(c5)-c5ccccc5C65C6CC7CC(C6)CC5C7)ccc4c4c5ccccc5ccc43)nc3c2ccc2ccccc23)cc1. The zero-order chi connectivity index (χ0) is 38.4. The zero-order valence-corrected chi connectivity index (χ0v) is 32.8. The van der Waals surface area contributed by atoms with Crippen molar-refractivity contribution in [3.8, 4) is 39.5 Å². The van der Waals surface area contributed by atoms with E-state index in [1.165, 1.54) is 81.3 Å². The lowest BCUT2D eigenvalue weighted by Crippen LogP contribution is -2.55. The second kappa shape index (κ2) is 11.8. The molecule has 2 aromatic heterocycles. The molecule has 4 saturated carbocycles. The molecule has 5 aliphatic rings. The predicted octanol–water partition coefficient (Wildman–Crippen LogP) is 14.1. The molecule has 4 fully saturated rings. The van der Waals surface area contributed by atoms with E-state index in [1.807, 2.05) is 0 Å². The van der Waals surface area contributed by atoms with Crippen molar-refractivity contribution in [2.75, 3.05) is 0 Å². The summed E-state index contributed by atoms with van der Waals surface area (Å²) in [6.07, 6.45) is 7.07. The Morgan fingerprint density at radius 2 is 1.08 bits per heavy atom. The van der Waals surface area contributed by atoms with Crippen LogP contribution < -0.4 is 0 Å². The predicted molar refractivity (Wildman–Crippen MR) is 243 cm³/mol. The molecule has 0 N–H and O–H groups in total. The van der Waals surface area contributed by atoms with E-state index in [-0.39, 0.29) is 5.41 Å². The highest BCUT2D eigenvalue weighted by Gasteiger charge is 2.61. The molecule has 1 spiro atoms. The van der Waals surface area contributed by atoms with E-state index in [4.69, 9.17) is 9.97 Å². The maximum absolute atomic E-state index is 5.52. The smallest absolute Gasteiger partial charge is 0.235 e. The first kappa shape index (κ1) is 32.4. The molecule has 280 valence electrons. The van der Waals surface area contributed by atoms with Crippen molar-refractivity contribution >= 4 is 54.3 Å². The molecular formula is C56H41N3. The maximum atomic E-state index is 5.52. The highest BCUT2D eigenvalue weighted by atomic mass is 15.2. The number of hydrogen-bond acceptors (Lipinski definition) is 2. The molecule has 2 heterocycles. The minimum absolute atomic E-state index is 0.170. The molecule has 0 radical (unpaired) electrons. The molecular weight excluding hydrogens is 715 g/mol. The summed E-state index contributed by atoms with van der Waals surface area (Å²) < 4.78 is 2.33. The van der Waals surface area contributed by atoms with Crippen LogP contribution in [0.1, 0.15) is 43.2 Å². The Morgan fingerprint density at radius 1 is 0.441 bits per heavy atom. The summed E-state index contributed by atoms with van der Waals surface area (Å²) in [6, 6.07) is 61.0. The first-order valence-electron chi connectivity index (χ1n) is 21.7. The van der Waals surface area contributed by atoms with Crippen LogP contribution in [0, 0.1) is 23.7 Å². The summed E-state index contributed by atoms with van der Waals surface area (Å²) >= 11 is 0. The lowest BCUT2D eigenvalue weighted by Gasteiger charge is -2.61. The van der Waals surface area contributed by atoms with Gasteiger partial charge >= 0.3 is 0 Å². The van der Waals surface area contributed by atoms with Gasteiger partial charge in [0.1, 0.15) is 0 Å². The second-order valence-corrected chi connectivity index (χ2v) is 18.1. The first-order chi connectivity index (χ1) is 29.2. The van der Waals surface area contributed by atoms with E-state index in [9.17, 15) is 0 Å². The van der Waals surface area contributed by atoms with E-state index >= 15 is 0 Å². The molecule has 3 heteroatoms. The second-order valence-electron chi connectivity index (χ2n) is 18.1. The van der Waals surface area contributed by atoms with Gasteiger partial charge in [0.25, 0.3) is 0 Å². The number of rotatable bonds is 3. The van der Waals surface area contributed by atoms with Crippen molar-refractivity contribution in [2.24, 2.45) is 23.7 Å². The van der Waals surface area contributed by atoms with Crippen molar-refractivity contribution in [3.63, 3.8) is 0 Å². The molecule has 15 rings (SSSR count). The summed E-state index contributed by atoms with van der Waals surface area (Å²) in [6.45, 7) is 0. The Balaban J connectivity index is 1.03. The van der Waals surface area contributed by atoms with Gasteiger partial charge in [0.05, 0.1) is 22.2 Å². The normalized spacial score (nSPS) is 22.6. The lowest BCUT2D eigenvalue weighted by atomic mass is 9.43. The minimum Gasteiger partial charge on any atom is -0.278 e. The van der Waals surface area contributed by atoms with Crippen LogP contribution in [0.2, 0.25) is 0 Å². The van der Waals surface area contributed by atoms with Crippen LogP contribution in [-0.2, 0) is 5.41 Å². The Hall–Kier alpha value is -6.58. The van der Waals surface area contributed by atoms with Gasteiger partial charge in [0.2, 0.25) is 5.95 Å². The molecule has 5 aliphatic carbocycles. The molecule has 59 heavy (non-hydrogen) atoms. The third-order valence-corrected chi connectivity index (χ3v) is 15.4.